The van der Waals surface area contributed by atoms with Gasteiger partial charge in [0.1, 0.15) is 0 Å². The minimum atomic E-state index is -4.29. The summed E-state index contributed by atoms with van der Waals surface area (Å²) in [6.07, 6.45) is 0.806. The molecule has 5 heteroatoms. The molecule has 0 N–H and O–H groups in total. The average Bonchev–Trinajstić information content (AvgIpc) is 2.07. The van der Waals surface area contributed by atoms with Crippen molar-refractivity contribution in [3.05, 3.63) is 0 Å². The van der Waals surface area contributed by atoms with Gasteiger partial charge in [-0.15, -0.1) is 3.89 Å². The summed E-state index contributed by atoms with van der Waals surface area (Å²) in [5.41, 5.74) is 0. The monoisotopic (exact) mass is 212 g/mol. The highest BCUT2D eigenvalue weighted by Crippen LogP contribution is 2.42. The largest absolute Gasteiger partial charge is 0.302 e. The molecule has 1 unspecified atom stereocenters. The van der Waals surface area contributed by atoms with E-state index in [0.717, 1.165) is 12.2 Å². The number of hydrogen-bond donors (Lipinski definition) is 0. The zero-order chi connectivity index (χ0) is 9.41. The first-order valence-corrected chi connectivity index (χ1v) is 6.41. The van der Waals surface area contributed by atoms with Crippen LogP contribution in [0.1, 0.15) is 20.3 Å². The Balaban J connectivity index is 2.65. The smallest absolute Gasteiger partial charge is 0.195 e. The van der Waals surface area contributed by atoms with Crippen LogP contribution in [-0.4, -0.2) is 24.7 Å². The maximum atomic E-state index is 12.3. The normalized spacial score (nSPS) is 29.1. The lowest BCUT2D eigenvalue weighted by molar-refractivity contribution is 0.458. The highest BCUT2D eigenvalue weighted by molar-refractivity contribution is 8.00. The Kier molecular flexibility index (Phi) is 2.73. The lowest BCUT2D eigenvalue weighted by Crippen LogP contribution is -2.27. The molecular formula is C7H13FO2S2. The Morgan fingerprint density at radius 3 is 2.50 bits per heavy atom. The Labute approximate surface area is 77.1 Å². The molecule has 0 amide bonds. The first kappa shape index (κ1) is 10.3. The molecule has 2 nitrogen and oxygen atoms in total. The van der Waals surface area contributed by atoms with Gasteiger partial charge >= 0.3 is 10.2 Å². The molecule has 0 aliphatic carbocycles. The van der Waals surface area contributed by atoms with E-state index < -0.39 is 10.2 Å². The van der Waals surface area contributed by atoms with E-state index in [1.165, 1.54) is 0 Å². The van der Waals surface area contributed by atoms with E-state index in [2.05, 4.69) is 0 Å². The first-order chi connectivity index (χ1) is 5.31. The summed E-state index contributed by atoms with van der Waals surface area (Å²) in [5.74, 6) is 0.595. The fourth-order valence-electron chi connectivity index (χ4n) is 1.45. The Hall–Kier alpha value is 0.230. The quantitative estimate of drug-likeness (QED) is 0.655. The van der Waals surface area contributed by atoms with Crippen LogP contribution < -0.4 is 0 Å². The molecule has 1 fully saturated rings. The van der Waals surface area contributed by atoms with Crippen molar-refractivity contribution >= 4 is 22.0 Å². The van der Waals surface area contributed by atoms with Crippen LogP contribution in [0.25, 0.3) is 0 Å². The highest BCUT2D eigenvalue weighted by Gasteiger charge is 2.37. The second-order valence-electron chi connectivity index (χ2n) is 3.64. The Morgan fingerprint density at radius 2 is 2.17 bits per heavy atom. The van der Waals surface area contributed by atoms with Crippen molar-refractivity contribution in [2.75, 3.05) is 11.5 Å². The zero-order valence-corrected chi connectivity index (χ0v) is 8.84. The van der Waals surface area contributed by atoms with E-state index >= 15 is 0 Å². The number of hydrogen-bond acceptors (Lipinski definition) is 3. The van der Waals surface area contributed by atoms with Crippen molar-refractivity contribution in [1.82, 2.24) is 0 Å². The zero-order valence-electron chi connectivity index (χ0n) is 7.21. The molecule has 0 radical (unpaired) electrons. The average molecular weight is 212 g/mol. The van der Waals surface area contributed by atoms with E-state index in [4.69, 9.17) is 0 Å². The molecule has 1 rings (SSSR count). The summed E-state index contributed by atoms with van der Waals surface area (Å²) in [6, 6.07) is 0. The fourth-order valence-corrected chi connectivity index (χ4v) is 3.99. The molecule has 0 bridgehead atoms. The molecule has 0 saturated carbocycles. The summed E-state index contributed by atoms with van der Waals surface area (Å²) >= 11 is 1.72. The lowest BCUT2D eigenvalue weighted by Gasteiger charge is -2.24. The van der Waals surface area contributed by atoms with Gasteiger partial charge in [-0.25, -0.2) is 0 Å². The Bertz CT molecular complexity index is 259. The van der Waals surface area contributed by atoms with Crippen LogP contribution in [0, 0.1) is 5.92 Å². The highest BCUT2D eigenvalue weighted by atomic mass is 32.3. The lowest BCUT2D eigenvalue weighted by atomic mass is 9.95. The molecule has 1 saturated heterocycles. The van der Waals surface area contributed by atoms with Gasteiger partial charge in [-0.1, -0.05) is 13.8 Å². The molecule has 0 aromatic heterocycles. The van der Waals surface area contributed by atoms with Crippen molar-refractivity contribution in [3.63, 3.8) is 0 Å². The summed E-state index contributed by atoms with van der Waals surface area (Å²) in [4.78, 5) is 0. The maximum Gasteiger partial charge on any atom is 0.302 e. The summed E-state index contributed by atoms with van der Waals surface area (Å²) in [6.45, 7) is 3.95. The third-order valence-electron chi connectivity index (χ3n) is 2.32. The van der Waals surface area contributed by atoms with Gasteiger partial charge in [-0.3, -0.25) is 0 Å². The fraction of sp³-hybridized carbons (Fsp3) is 1.00. The molecule has 1 aliphatic rings. The minimum absolute atomic E-state index is 0.0301. The number of halogens is 1. The molecular weight excluding hydrogens is 199 g/mol. The maximum absolute atomic E-state index is 12.3. The van der Waals surface area contributed by atoms with E-state index in [-0.39, 0.29) is 16.4 Å². The molecule has 12 heavy (non-hydrogen) atoms. The first-order valence-electron chi connectivity index (χ1n) is 3.87. The van der Waals surface area contributed by atoms with Crippen molar-refractivity contribution in [2.24, 2.45) is 5.92 Å². The third-order valence-corrected chi connectivity index (χ3v) is 4.64. The van der Waals surface area contributed by atoms with Crippen LogP contribution in [0.5, 0.6) is 0 Å². The van der Waals surface area contributed by atoms with Gasteiger partial charge in [-0.05, 0) is 18.1 Å². The van der Waals surface area contributed by atoms with Gasteiger partial charge in [0.25, 0.3) is 0 Å². The third kappa shape index (κ3) is 2.62. The van der Waals surface area contributed by atoms with Crippen LogP contribution in [0.3, 0.4) is 0 Å². The standard InChI is InChI=1S/C7H13FO2S2/c1-7(2)6(3-4-11-7)5-12(8,9)10/h6H,3-5H2,1-2H3. The van der Waals surface area contributed by atoms with Gasteiger partial charge in [0.15, 0.2) is 0 Å². The van der Waals surface area contributed by atoms with Gasteiger partial charge in [-0.2, -0.15) is 20.2 Å². The summed E-state index contributed by atoms with van der Waals surface area (Å²) in [5, 5.41) is 0. The predicted molar refractivity (Wildman–Crippen MR) is 49.5 cm³/mol. The minimum Gasteiger partial charge on any atom is -0.195 e. The van der Waals surface area contributed by atoms with Gasteiger partial charge in [0.2, 0.25) is 0 Å². The SMILES string of the molecule is CC1(C)SCCC1CS(=O)(=O)F. The second-order valence-corrected chi connectivity index (χ2v) is 6.80. The molecule has 1 atom stereocenters. The molecule has 0 aromatic rings. The number of rotatable bonds is 2. The van der Waals surface area contributed by atoms with Crippen LogP contribution in [0.4, 0.5) is 3.89 Å². The van der Waals surface area contributed by atoms with Gasteiger partial charge in [0.05, 0.1) is 5.75 Å². The topological polar surface area (TPSA) is 34.1 Å². The van der Waals surface area contributed by atoms with Crippen LogP contribution in [0.2, 0.25) is 0 Å². The van der Waals surface area contributed by atoms with Crippen LogP contribution in [0.15, 0.2) is 0 Å². The van der Waals surface area contributed by atoms with Crippen molar-refractivity contribution in [3.8, 4) is 0 Å². The predicted octanol–water partition coefficient (Wildman–Crippen LogP) is 1.82. The molecule has 0 aromatic carbocycles. The van der Waals surface area contributed by atoms with Crippen molar-refractivity contribution in [1.29, 1.82) is 0 Å². The number of thioether (sulfide) groups is 1. The van der Waals surface area contributed by atoms with E-state index in [1.54, 1.807) is 11.8 Å². The summed E-state index contributed by atoms with van der Waals surface area (Å²) in [7, 11) is -4.29. The Morgan fingerprint density at radius 1 is 1.58 bits per heavy atom. The van der Waals surface area contributed by atoms with E-state index in [9.17, 15) is 12.3 Å². The summed E-state index contributed by atoms with van der Waals surface area (Å²) < 4.78 is 33.1. The van der Waals surface area contributed by atoms with E-state index in [1.807, 2.05) is 13.8 Å². The molecule has 1 heterocycles. The van der Waals surface area contributed by atoms with Crippen LogP contribution in [-0.2, 0) is 10.2 Å². The van der Waals surface area contributed by atoms with Crippen molar-refractivity contribution < 1.29 is 12.3 Å². The van der Waals surface area contributed by atoms with Crippen molar-refractivity contribution in [2.45, 2.75) is 25.0 Å². The second kappa shape index (κ2) is 3.18. The van der Waals surface area contributed by atoms with Gasteiger partial charge < -0.3 is 0 Å². The molecule has 0 spiro atoms. The van der Waals surface area contributed by atoms with Crippen LogP contribution >= 0.6 is 11.8 Å². The van der Waals surface area contributed by atoms with Gasteiger partial charge in [0, 0.05) is 4.75 Å². The molecule has 1 aliphatic heterocycles. The van der Waals surface area contributed by atoms with E-state index in [0.29, 0.717) is 0 Å². The molecule has 72 valence electrons.